The van der Waals surface area contributed by atoms with E-state index in [0.29, 0.717) is 23.6 Å². The number of rotatable bonds is 8. The zero-order valence-electron chi connectivity index (χ0n) is 13.7. The van der Waals surface area contributed by atoms with E-state index < -0.39 is 11.9 Å². The Balaban J connectivity index is 1.60. The molecule has 0 saturated heterocycles. The van der Waals surface area contributed by atoms with E-state index in [1.165, 1.54) is 12.2 Å². The number of benzene rings is 1. The van der Waals surface area contributed by atoms with Crippen LogP contribution in [0.2, 0.25) is 0 Å². The lowest BCUT2D eigenvalue weighted by atomic mass is 10.2. The van der Waals surface area contributed by atoms with Crippen molar-refractivity contribution in [2.45, 2.75) is 6.92 Å². The van der Waals surface area contributed by atoms with Gasteiger partial charge in [0, 0.05) is 6.08 Å². The van der Waals surface area contributed by atoms with Gasteiger partial charge in [-0.05, 0) is 58.8 Å². The molecule has 6 nitrogen and oxygen atoms in total. The van der Waals surface area contributed by atoms with Crippen molar-refractivity contribution in [2.24, 2.45) is 0 Å². The molecule has 0 atom stereocenters. The predicted molar refractivity (Wildman–Crippen MR) is 96.1 cm³/mol. The van der Waals surface area contributed by atoms with Crippen molar-refractivity contribution in [1.29, 1.82) is 0 Å². The van der Waals surface area contributed by atoms with Crippen LogP contribution in [0.1, 0.15) is 11.3 Å². The first kappa shape index (κ1) is 18.8. The van der Waals surface area contributed by atoms with Gasteiger partial charge in [-0.15, -0.1) is 0 Å². The van der Waals surface area contributed by atoms with Gasteiger partial charge in [0.05, 0.1) is 6.54 Å². The van der Waals surface area contributed by atoms with Crippen LogP contribution in [0.5, 0.6) is 5.75 Å². The van der Waals surface area contributed by atoms with E-state index in [1.54, 1.807) is 12.1 Å². The second-order valence-electron chi connectivity index (χ2n) is 5.10. The number of hydrogen-bond acceptors (Lipinski definition) is 5. The van der Waals surface area contributed by atoms with E-state index in [-0.39, 0.29) is 6.61 Å². The predicted octanol–water partition coefficient (Wildman–Crippen LogP) is 3.10. The lowest BCUT2D eigenvalue weighted by Crippen LogP contribution is -2.31. The molecule has 0 saturated carbocycles. The molecule has 1 N–H and O–H groups in total. The molecule has 0 aliphatic carbocycles. The number of carbonyl (C=O) groups excluding carboxylic acids is 2. The van der Waals surface area contributed by atoms with Crippen LogP contribution in [0.3, 0.4) is 0 Å². The van der Waals surface area contributed by atoms with Crippen molar-refractivity contribution in [1.82, 2.24) is 5.32 Å². The Morgan fingerprint density at radius 1 is 1.28 bits per heavy atom. The van der Waals surface area contributed by atoms with Crippen molar-refractivity contribution in [3.63, 3.8) is 0 Å². The highest BCUT2D eigenvalue weighted by molar-refractivity contribution is 9.10. The maximum Gasteiger partial charge on any atom is 0.331 e. The van der Waals surface area contributed by atoms with Crippen LogP contribution in [0.15, 0.2) is 51.6 Å². The van der Waals surface area contributed by atoms with Gasteiger partial charge >= 0.3 is 5.97 Å². The summed E-state index contributed by atoms with van der Waals surface area (Å²) in [6.07, 6.45) is 2.65. The molecule has 0 fully saturated rings. The Kier molecular flexibility index (Phi) is 7.28. The third-order valence-electron chi connectivity index (χ3n) is 3.01. The summed E-state index contributed by atoms with van der Waals surface area (Å²) < 4.78 is 16.1. The fraction of sp³-hybridized carbons (Fsp3) is 0.222. The standard InChI is InChI=1S/C18H18BrNO5/c1-13-3-2-4-15(11-13)23-10-9-20-17(21)12-24-18(22)8-6-14-5-7-16(19)25-14/h2-8,11H,9-10,12H2,1H3,(H,20,21)/b8-6+. The van der Waals surface area contributed by atoms with E-state index in [0.717, 1.165) is 11.3 Å². The molecule has 0 aliphatic heterocycles. The Hall–Kier alpha value is -2.54. The molecular weight excluding hydrogens is 390 g/mol. The molecular formula is C18H18BrNO5. The summed E-state index contributed by atoms with van der Waals surface area (Å²) in [5.74, 6) is 0.228. The van der Waals surface area contributed by atoms with Gasteiger partial charge < -0.3 is 19.2 Å². The summed E-state index contributed by atoms with van der Waals surface area (Å²) in [5.41, 5.74) is 1.10. The Bertz CT molecular complexity index is 753. The molecule has 0 unspecified atom stereocenters. The number of ether oxygens (including phenoxy) is 2. The molecule has 2 aromatic rings. The number of nitrogens with one attached hydrogen (secondary N) is 1. The molecule has 0 spiro atoms. The molecule has 0 aliphatic rings. The topological polar surface area (TPSA) is 77.8 Å². The van der Waals surface area contributed by atoms with Crippen molar-refractivity contribution in [3.05, 3.63) is 58.5 Å². The molecule has 2 rings (SSSR count). The molecule has 25 heavy (non-hydrogen) atoms. The van der Waals surface area contributed by atoms with Crippen LogP contribution in [0.25, 0.3) is 6.08 Å². The van der Waals surface area contributed by atoms with Crippen molar-refractivity contribution in [3.8, 4) is 5.75 Å². The largest absolute Gasteiger partial charge is 0.492 e. The first-order valence-corrected chi connectivity index (χ1v) is 8.38. The van der Waals surface area contributed by atoms with E-state index >= 15 is 0 Å². The van der Waals surface area contributed by atoms with Gasteiger partial charge in [-0.1, -0.05) is 12.1 Å². The minimum Gasteiger partial charge on any atom is -0.492 e. The fourth-order valence-electron chi connectivity index (χ4n) is 1.87. The van der Waals surface area contributed by atoms with E-state index in [9.17, 15) is 9.59 Å². The number of furan rings is 1. The lowest BCUT2D eigenvalue weighted by Gasteiger charge is -2.08. The maximum atomic E-state index is 11.6. The SMILES string of the molecule is Cc1cccc(OCCNC(=O)COC(=O)/C=C/c2ccc(Br)o2)c1. The smallest absolute Gasteiger partial charge is 0.331 e. The van der Waals surface area contributed by atoms with Gasteiger partial charge in [-0.2, -0.15) is 0 Å². The van der Waals surface area contributed by atoms with Gasteiger partial charge in [-0.3, -0.25) is 4.79 Å². The average Bonchev–Trinajstić information content (AvgIpc) is 3.00. The number of halogens is 1. The third-order valence-corrected chi connectivity index (χ3v) is 3.43. The second kappa shape index (κ2) is 9.68. The lowest BCUT2D eigenvalue weighted by molar-refractivity contribution is -0.143. The van der Waals surface area contributed by atoms with Crippen molar-refractivity contribution in [2.75, 3.05) is 19.8 Å². The Morgan fingerprint density at radius 2 is 2.12 bits per heavy atom. The third kappa shape index (κ3) is 7.26. The monoisotopic (exact) mass is 407 g/mol. The fourth-order valence-corrected chi connectivity index (χ4v) is 2.19. The van der Waals surface area contributed by atoms with Gasteiger partial charge in [-0.25, -0.2) is 4.79 Å². The molecule has 1 amide bonds. The van der Waals surface area contributed by atoms with Gasteiger partial charge in [0.2, 0.25) is 0 Å². The molecule has 132 valence electrons. The summed E-state index contributed by atoms with van der Waals surface area (Å²) in [6.45, 7) is 2.27. The first-order chi connectivity index (χ1) is 12.0. The first-order valence-electron chi connectivity index (χ1n) is 7.59. The average molecular weight is 408 g/mol. The summed E-state index contributed by atoms with van der Waals surface area (Å²) in [4.78, 5) is 23.1. The highest BCUT2D eigenvalue weighted by atomic mass is 79.9. The quantitative estimate of drug-likeness (QED) is 0.413. The summed E-state index contributed by atoms with van der Waals surface area (Å²) in [5, 5.41) is 2.61. The minimum atomic E-state index is -0.626. The van der Waals surface area contributed by atoms with E-state index in [4.69, 9.17) is 13.9 Å². The number of amides is 1. The summed E-state index contributed by atoms with van der Waals surface area (Å²) >= 11 is 3.16. The van der Waals surface area contributed by atoms with Crippen LogP contribution in [-0.2, 0) is 14.3 Å². The van der Waals surface area contributed by atoms with Crippen molar-refractivity contribution >= 4 is 33.9 Å². The number of aryl methyl sites for hydroxylation is 1. The number of carbonyl (C=O) groups is 2. The highest BCUT2D eigenvalue weighted by Gasteiger charge is 2.05. The normalized spacial score (nSPS) is 10.6. The Morgan fingerprint density at radius 3 is 2.84 bits per heavy atom. The van der Waals surface area contributed by atoms with Crippen LogP contribution in [0.4, 0.5) is 0 Å². The Labute approximate surface area is 153 Å². The molecule has 1 heterocycles. The zero-order valence-corrected chi connectivity index (χ0v) is 15.2. The number of esters is 1. The van der Waals surface area contributed by atoms with Gasteiger partial charge in [0.1, 0.15) is 18.1 Å². The van der Waals surface area contributed by atoms with Crippen LogP contribution in [-0.4, -0.2) is 31.6 Å². The summed E-state index contributed by atoms with van der Waals surface area (Å²) in [7, 11) is 0. The molecule has 0 radical (unpaired) electrons. The molecule has 1 aromatic heterocycles. The number of hydrogen-bond donors (Lipinski definition) is 1. The summed E-state index contributed by atoms with van der Waals surface area (Å²) in [6, 6.07) is 11.0. The van der Waals surface area contributed by atoms with Gasteiger partial charge in [0.15, 0.2) is 11.3 Å². The van der Waals surface area contributed by atoms with E-state index in [2.05, 4.69) is 21.2 Å². The highest BCUT2D eigenvalue weighted by Crippen LogP contribution is 2.15. The second-order valence-corrected chi connectivity index (χ2v) is 5.88. The van der Waals surface area contributed by atoms with Crippen molar-refractivity contribution < 1.29 is 23.5 Å². The van der Waals surface area contributed by atoms with Crippen LogP contribution >= 0.6 is 15.9 Å². The molecule has 7 heteroatoms. The zero-order chi connectivity index (χ0) is 18.1. The van der Waals surface area contributed by atoms with E-state index in [1.807, 2.05) is 31.2 Å². The molecule has 1 aromatic carbocycles. The van der Waals surface area contributed by atoms with Gasteiger partial charge in [0.25, 0.3) is 5.91 Å². The molecule has 0 bridgehead atoms. The minimum absolute atomic E-state index is 0.320. The van der Waals surface area contributed by atoms with Crippen LogP contribution < -0.4 is 10.1 Å². The maximum absolute atomic E-state index is 11.6. The van der Waals surface area contributed by atoms with Crippen LogP contribution in [0, 0.1) is 6.92 Å².